The molecule has 16 heavy (non-hydrogen) atoms. The molecule has 2 aromatic rings. The van der Waals surface area contributed by atoms with Crippen molar-refractivity contribution in [3.8, 4) is 0 Å². The Balaban J connectivity index is 1.81. The number of aromatic amines is 1. The van der Waals surface area contributed by atoms with E-state index in [4.69, 9.17) is 0 Å². The van der Waals surface area contributed by atoms with Gasteiger partial charge in [-0.25, -0.2) is 4.98 Å². The third-order valence-electron chi connectivity index (χ3n) is 2.15. The van der Waals surface area contributed by atoms with E-state index in [1.807, 2.05) is 30.6 Å². The fourth-order valence-corrected chi connectivity index (χ4v) is 2.07. The number of rotatable bonds is 4. The summed E-state index contributed by atoms with van der Waals surface area (Å²) in [5.74, 6) is 0.00366. The Morgan fingerprint density at radius 2 is 2.50 bits per heavy atom. The number of nitrogens with one attached hydrogen (secondary N) is 2. The zero-order valence-electron chi connectivity index (χ0n) is 8.99. The van der Waals surface area contributed by atoms with Crippen LogP contribution in [0, 0.1) is 6.92 Å². The van der Waals surface area contributed by atoms with Gasteiger partial charge in [-0.2, -0.15) is 0 Å². The van der Waals surface area contributed by atoms with Crippen LogP contribution in [0.15, 0.2) is 23.7 Å². The number of aryl methyl sites for hydroxylation is 2. The van der Waals surface area contributed by atoms with Crippen LogP contribution >= 0.6 is 11.3 Å². The molecular formula is C11H13N3OS. The van der Waals surface area contributed by atoms with Crippen LogP contribution < -0.4 is 5.32 Å². The van der Waals surface area contributed by atoms with Crippen molar-refractivity contribution in [3.05, 3.63) is 35.1 Å². The molecular weight excluding hydrogens is 222 g/mol. The number of hydrogen-bond acceptors (Lipinski definition) is 3. The zero-order chi connectivity index (χ0) is 11.4. The zero-order valence-corrected chi connectivity index (χ0v) is 9.80. The van der Waals surface area contributed by atoms with Gasteiger partial charge in [-0.1, -0.05) is 0 Å². The van der Waals surface area contributed by atoms with Crippen LogP contribution in [-0.2, 0) is 11.2 Å². The summed E-state index contributed by atoms with van der Waals surface area (Å²) in [6.07, 6.45) is 3.06. The molecule has 5 heteroatoms. The normalized spacial score (nSPS) is 10.3. The van der Waals surface area contributed by atoms with Gasteiger partial charge in [0.05, 0.1) is 5.69 Å². The maximum atomic E-state index is 11.6. The third-order valence-corrected chi connectivity index (χ3v) is 3.02. The molecule has 1 amide bonds. The molecule has 0 spiro atoms. The van der Waals surface area contributed by atoms with Crippen molar-refractivity contribution in [2.45, 2.75) is 19.8 Å². The monoisotopic (exact) mass is 235 g/mol. The molecule has 0 radical (unpaired) electrons. The summed E-state index contributed by atoms with van der Waals surface area (Å²) < 4.78 is 0. The number of carbonyl (C=O) groups excluding carboxylic acids is 1. The first kappa shape index (κ1) is 10.9. The van der Waals surface area contributed by atoms with Crippen LogP contribution in [0.3, 0.4) is 0 Å². The number of aromatic nitrogens is 2. The molecule has 0 saturated carbocycles. The number of amides is 1. The molecule has 0 fully saturated rings. The summed E-state index contributed by atoms with van der Waals surface area (Å²) in [6.45, 7) is 1.91. The van der Waals surface area contributed by atoms with Gasteiger partial charge in [-0.3, -0.25) is 4.79 Å². The molecule has 0 aliphatic rings. The average Bonchev–Trinajstić information content (AvgIpc) is 2.87. The average molecular weight is 235 g/mol. The van der Waals surface area contributed by atoms with Crippen LogP contribution in [0.4, 0.5) is 5.13 Å². The fourth-order valence-electron chi connectivity index (χ4n) is 1.36. The highest BCUT2D eigenvalue weighted by Gasteiger charge is 2.05. The van der Waals surface area contributed by atoms with Gasteiger partial charge in [-0.15, -0.1) is 11.3 Å². The smallest absolute Gasteiger partial charge is 0.226 e. The van der Waals surface area contributed by atoms with Crippen molar-refractivity contribution in [1.29, 1.82) is 0 Å². The summed E-state index contributed by atoms with van der Waals surface area (Å²) in [4.78, 5) is 18.8. The first-order valence-corrected chi connectivity index (χ1v) is 5.96. The number of thiazole rings is 1. The molecule has 2 heterocycles. The minimum absolute atomic E-state index is 0.00366. The first-order chi connectivity index (χ1) is 7.74. The molecule has 0 bridgehead atoms. The fraction of sp³-hybridized carbons (Fsp3) is 0.273. The molecule has 0 aliphatic heterocycles. The van der Waals surface area contributed by atoms with Gasteiger partial charge >= 0.3 is 0 Å². The lowest BCUT2D eigenvalue weighted by atomic mass is 10.2. The second-order valence-electron chi connectivity index (χ2n) is 3.54. The summed E-state index contributed by atoms with van der Waals surface area (Å²) in [7, 11) is 0. The van der Waals surface area contributed by atoms with Gasteiger partial charge in [0.25, 0.3) is 0 Å². The number of H-pyrrole nitrogens is 1. The SMILES string of the molecule is Cc1csc(NC(=O)CCc2ccc[nH]2)n1. The van der Waals surface area contributed by atoms with E-state index in [9.17, 15) is 4.79 Å². The van der Waals surface area contributed by atoms with Gasteiger partial charge in [-0.05, 0) is 25.5 Å². The standard InChI is InChI=1S/C11H13N3OS/c1-8-7-16-11(13-8)14-10(15)5-4-9-3-2-6-12-9/h2-3,6-7,12H,4-5H2,1H3,(H,13,14,15). The van der Waals surface area contributed by atoms with E-state index in [1.165, 1.54) is 11.3 Å². The Labute approximate surface area is 97.7 Å². The molecule has 2 aromatic heterocycles. The van der Waals surface area contributed by atoms with Crippen LogP contribution in [0.5, 0.6) is 0 Å². The Bertz CT molecular complexity index is 461. The van der Waals surface area contributed by atoms with Crippen LogP contribution in [-0.4, -0.2) is 15.9 Å². The lowest BCUT2D eigenvalue weighted by molar-refractivity contribution is -0.116. The summed E-state index contributed by atoms with van der Waals surface area (Å²) in [5, 5.41) is 5.37. The Hall–Kier alpha value is -1.62. The van der Waals surface area contributed by atoms with E-state index in [-0.39, 0.29) is 5.91 Å². The van der Waals surface area contributed by atoms with E-state index < -0.39 is 0 Å². The van der Waals surface area contributed by atoms with Crippen molar-refractivity contribution in [2.75, 3.05) is 5.32 Å². The minimum atomic E-state index is 0.00366. The molecule has 2 rings (SSSR count). The second kappa shape index (κ2) is 4.94. The van der Waals surface area contributed by atoms with Gasteiger partial charge in [0, 0.05) is 23.7 Å². The summed E-state index contributed by atoms with van der Waals surface area (Å²) >= 11 is 1.45. The maximum Gasteiger partial charge on any atom is 0.226 e. The third kappa shape index (κ3) is 2.93. The van der Waals surface area contributed by atoms with E-state index >= 15 is 0 Å². The molecule has 0 unspecified atom stereocenters. The molecule has 4 nitrogen and oxygen atoms in total. The van der Waals surface area contributed by atoms with Gasteiger partial charge < -0.3 is 10.3 Å². The largest absolute Gasteiger partial charge is 0.365 e. The second-order valence-corrected chi connectivity index (χ2v) is 4.40. The first-order valence-electron chi connectivity index (χ1n) is 5.08. The molecule has 84 valence electrons. The van der Waals surface area contributed by atoms with E-state index in [0.29, 0.717) is 11.6 Å². The Morgan fingerprint density at radius 3 is 3.12 bits per heavy atom. The maximum absolute atomic E-state index is 11.6. The number of nitrogens with zero attached hydrogens (tertiary/aromatic N) is 1. The number of anilines is 1. The van der Waals surface area contributed by atoms with Crippen LogP contribution in [0.2, 0.25) is 0 Å². The summed E-state index contributed by atoms with van der Waals surface area (Å²) in [5.41, 5.74) is 2.01. The van der Waals surface area contributed by atoms with Crippen LogP contribution in [0.25, 0.3) is 0 Å². The van der Waals surface area contributed by atoms with E-state index in [0.717, 1.165) is 17.8 Å². The van der Waals surface area contributed by atoms with Crippen molar-refractivity contribution in [3.63, 3.8) is 0 Å². The van der Waals surface area contributed by atoms with Crippen LogP contribution in [0.1, 0.15) is 17.8 Å². The number of hydrogen-bond donors (Lipinski definition) is 2. The van der Waals surface area contributed by atoms with E-state index in [1.54, 1.807) is 0 Å². The minimum Gasteiger partial charge on any atom is -0.365 e. The predicted octanol–water partition coefficient (Wildman–Crippen LogP) is 2.35. The van der Waals surface area contributed by atoms with Gasteiger partial charge in [0.1, 0.15) is 0 Å². The van der Waals surface area contributed by atoms with Crippen molar-refractivity contribution in [2.24, 2.45) is 0 Å². The highest BCUT2D eigenvalue weighted by atomic mass is 32.1. The molecule has 2 N–H and O–H groups in total. The molecule has 0 aliphatic carbocycles. The number of carbonyl (C=O) groups is 1. The quantitative estimate of drug-likeness (QED) is 0.854. The van der Waals surface area contributed by atoms with Crippen molar-refractivity contribution < 1.29 is 4.79 Å². The Kier molecular flexibility index (Phi) is 3.36. The van der Waals surface area contributed by atoms with E-state index in [2.05, 4.69) is 15.3 Å². The van der Waals surface area contributed by atoms with Crippen molar-refractivity contribution in [1.82, 2.24) is 9.97 Å². The lowest BCUT2D eigenvalue weighted by Gasteiger charge is -2.00. The van der Waals surface area contributed by atoms with Crippen molar-refractivity contribution >= 4 is 22.4 Å². The predicted molar refractivity (Wildman–Crippen MR) is 64.6 cm³/mol. The molecule has 0 saturated heterocycles. The lowest BCUT2D eigenvalue weighted by Crippen LogP contribution is -2.12. The molecule has 0 aromatic carbocycles. The molecule has 0 atom stereocenters. The topological polar surface area (TPSA) is 57.8 Å². The Morgan fingerprint density at radius 1 is 1.62 bits per heavy atom. The van der Waals surface area contributed by atoms with Gasteiger partial charge in [0.2, 0.25) is 5.91 Å². The van der Waals surface area contributed by atoms with Gasteiger partial charge in [0.15, 0.2) is 5.13 Å². The highest BCUT2D eigenvalue weighted by Crippen LogP contribution is 2.14. The summed E-state index contributed by atoms with van der Waals surface area (Å²) in [6, 6.07) is 3.90. The highest BCUT2D eigenvalue weighted by molar-refractivity contribution is 7.13.